The molecule has 0 saturated heterocycles. The lowest BCUT2D eigenvalue weighted by Crippen LogP contribution is -2.25. The van der Waals surface area contributed by atoms with Crippen molar-refractivity contribution in [1.29, 1.82) is 0 Å². The van der Waals surface area contributed by atoms with Gasteiger partial charge in [0.1, 0.15) is 11.5 Å². The summed E-state index contributed by atoms with van der Waals surface area (Å²) in [6, 6.07) is 12.5. The van der Waals surface area contributed by atoms with Crippen molar-refractivity contribution in [2.24, 2.45) is 0 Å². The summed E-state index contributed by atoms with van der Waals surface area (Å²) in [4.78, 5) is 16.6. The molecule has 5 heteroatoms. The van der Waals surface area contributed by atoms with Crippen LogP contribution in [-0.2, 0) is 6.54 Å². The average molecular weight is 320 g/mol. The van der Waals surface area contributed by atoms with Gasteiger partial charge in [-0.05, 0) is 49.6 Å². The number of nitrogens with zero attached hydrogens (tertiary/aromatic N) is 3. The summed E-state index contributed by atoms with van der Waals surface area (Å²) in [6.45, 7) is 2.50. The number of imidazole rings is 1. The molecule has 122 valence electrons. The van der Waals surface area contributed by atoms with E-state index in [9.17, 15) is 4.79 Å². The molecular formula is C19H20N4O. The van der Waals surface area contributed by atoms with E-state index in [1.165, 1.54) is 12.8 Å². The van der Waals surface area contributed by atoms with Gasteiger partial charge in [0, 0.05) is 36.9 Å². The molecule has 4 rings (SSSR count). The summed E-state index contributed by atoms with van der Waals surface area (Å²) in [5.74, 6) is 0.943. The van der Waals surface area contributed by atoms with Crippen molar-refractivity contribution in [1.82, 2.24) is 19.4 Å². The topological polar surface area (TPSA) is 51.9 Å². The number of rotatable bonds is 5. The second kappa shape index (κ2) is 6.00. The Morgan fingerprint density at radius 1 is 1.21 bits per heavy atom. The van der Waals surface area contributed by atoms with Crippen molar-refractivity contribution in [2.45, 2.75) is 32.4 Å². The van der Waals surface area contributed by atoms with E-state index < -0.39 is 0 Å². The Hall–Kier alpha value is -2.82. The van der Waals surface area contributed by atoms with Crippen molar-refractivity contribution >= 4 is 5.91 Å². The molecule has 24 heavy (non-hydrogen) atoms. The third-order valence-electron chi connectivity index (χ3n) is 4.45. The number of aromatic nitrogens is 3. The summed E-state index contributed by atoms with van der Waals surface area (Å²) >= 11 is 0. The third-order valence-corrected chi connectivity index (χ3v) is 4.45. The maximum Gasteiger partial charge on any atom is 0.268 e. The van der Waals surface area contributed by atoms with Crippen LogP contribution >= 0.6 is 0 Å². The van der Waals surface area contributed by atoms with Crippen molar-refractivity contribution in [2.75, 3.05) is 0 Å². The predicted octanol–water partition coefficient (Wildman–Crippen LogP) is 3.25. The molecule has 5 nitrogen and oxygen atoms in total. The third kappa shape index (κ3) is 2.85. The Labute approximate surface area is 140 Å². The molecule has 2 aromatic heterocycles. The molecule has 0 bridgehead atoms. The normalized spacial score (nSPS) is 13.9. The second-order valence-corrected chi connectivity index (χ2v) is 6.23. The molecule has 0 unspecified atom stereocenters. The second-order valence-electron chi connectivity index (χ2n) is 6.23. The number of amides is 1. The standard InChI is InChI=1S/C19H20N4O/c1-14-20-10-12-22(14)16-6-4-15(5-7-16)13-21-19(24)18-3-2-11-23(18)17-8-9-17/h2-7,10-12,17H,8-9,13H2,1H3,(H,21,24). The summed E-state index contributed by atoms with van der Waals surface area (Å²) < 4.78 is 4.12. The first-order valence-electron chi connectivity index (χ1n) is 8.26. The van der Waals surface area contributed by atoms with Crippen LogP contribution in [0.5, 0.6) is 0 Å². The Morgan fingerprint density at radius 2 is 2.00 bits per heavy atom. The van der Waals surface area contributed by atoms with Gasteiger partial charge in [0.25, 0.3) is 5.91 Å². The number of nitrogens with one attached hydrogen (secondary N) is 1. The lowest BCUT2D eigenvalue weighted by molar-refractivity contribution is 0.0941. The minimum Gasteiger partial charge on any atom is -0.347 e. The van der Waals surface area contributed by atoms with Gasteiger partial charge in [-0.25, -0.2) is 4.98 Å². The predicted molar refractivity (Wildman–Crippen MR) is 92.2 cm³/mol. The van der Waals surface area contributed by atoms with Gasteiger partial charge in [0.05, 0.1) is 0 Å². The van der Waals surface area contributed by atoms with Gasteiger partial charge in [-0.1, -0.05) is 12.1 Å². The van der Waals surface area contributed by atoms with Crippen LogP contribution in [0.2, 0.25) is 0 Å². The highest BCUT2D eigenvalue weighted by Crippen LogP contribution is 2.35. The summed E-state index contributed by atoms with van der Waals surface area (Å²) in [5, 5.41) is 3.01. The van der Waals surface area contributed by atoms with Crippen LogP contribution in [0.25, 0.3) is 5.69 Å². The van der Waals surface area contributed by atoms with Crippen LogP contribution in [0.3, 0.4) is 0 Å². The molecular weight excluding hydrogens is 300 g/mol. The van der Waals surface area contributed by atoms with Gasteiger partial charge in [-0.3, -0.25) is 4.79 Å². The molecule has 3 aromatic rings. The highest BCUT2D eigenvalue weighted by Gasteiger charge is 2.26. The lowest BCUT2D eigenvalue weighted by atomic mass is 10.2. The minimum atomic E-state index is -0.0126. The fourth-order valence-corrected chi connectivity index (χ4v) is 2.96. The maximum atomic E-state index is 12.4. The van der Waals surface area contributed by atoms with Crippen molar-refractivity contribution in [3.05, 3.63) is 72.1 Å². The molecule has 0 spiro atoms. The molecule has 1 fully saturated rings. The average Bonchev–Trinajstić information content (AvgIpc) is 3.16. The van der Waals surface area contributed by atoms with Crippen molar-refractivity contribution in [3.63, 3.8) is 0 Å². The van der Waals surface area contributed by atoms with Crippen molar-refractivity contribution in [3.8, 4) is 5.69 Å². The van der Waals surface area contributed by atoms with Gasteiger partial charge in [0.15, 0.2) is 0 Å². The molecule has 0 atom stereocenters. The zero-order valence-corrected chi connectivity index (χ0v) is 13.6. The van der Waals surface area contributed by atoms with E-state index in [1.807, 2.05) is 60.3 Å². The van der Waals surface area contributed by atoms with E-state index in [0.29, 0.717) is 12.6 Å². The van der Waals surface area contributed by atoms with Crippen molar-refractivity contribution < 1.29 is 4.79 Å². The molecule has 1 saturated carbocycles. The Balaban J connectivity index is 1.41. The SMILES string of the molecule is Cc1nccn1-c1ccc(CNC(=O)c2cccn2C2CC2)cc1. The van der Waals surface area contributed by atoms with Crippen LogP contribution in [0.15, 0.2) is 55.0 Å². The van der Waals surface area contributed by atoms with Gasteiger partial charge in [-0.15, -0.1) is 0 Å². The van der Waals surface area contributed by atoms with Crippen LogP contribution < -0.4 is 5.32 Å². The molecule has 1 N–H and O–H groups in total. The fourth-order valence-electron chi connectivity index (χ4n) is 2.96. The fraction of sp³-hybridized carbons (Fsp3) is 0.263. The van der Waals surface area contributed by atoms with Crippen LogP contribution in [0, 0.1) is 6.92 Å². The molecule has 1 aliphatic rings. The number of carbonyl (C=O) groups excluding carboxylic acids is 1. The number of benzene rings is 1. The smallest absolute Gasteiger partial charge is 0.268 e. The largest absolute Gasteiger partial charge is 0.347 e. The number of hydrogen-bond acceptors (Lipinski definition) is 2. The molecule has 1 amide bonds. The highest BCUT2D eigenvalue weighted by molar-refractivity contribution is 5.92. The molecule has 0 radical (unpaired) electrons. The summed E-state index contributed by atoms with van der Waals surface area (Å²) in [6.07, 6.45) is 8.07. The molecule has 1 aromatic carbocycles. The first-order valence-corrected chi connectivity index (χ1v) is 8.26. The molecule has 2 heterocycles. The maximum absolute atomic E-state index is 12.4. The quantitative estimate of drug-likeness (QED) is 0.784. The van der Waals surface area contributed by atoms with Gasteiger partial charge >= 0.3 is 0 Å². The Morgan fingerprint density at radius 3 is 2.67 bits per heavy atom. The monoisotopic (exact) mass is 320 g/mol. The molecule has 1 aliphatic carbocycles. The summed E-state index contributed by atoms with van der Waals surface area (Å²) in [7, 11) is 0. The number of aryl methyl sites for hydroxylation is 1. The van der Waals surface area contributed by atoms with E-state index in [1.54, 1.807) is 6.20 Å². The zero-order valence-electron chi connectivity index (χ0n) is 13.6. The highest BCUT2D eigenvalue weighted by atomic mass is 16.1. The lowest BCUT2D eigenvalue weighted by Gasteiger charge is -2.10. The number of carbonyl (C=O) groups is 1. The van der Waals surface area contributed by atoms with E-state index in [2.05, 4.69) is 14.9 Å². The van der Waals surface area contributed by atoms with E-state index in [0.717, 1.165) is 22.8 Å². The van der Waals surface area contributed by atoms with Crippen LogP contribution in [0.1, 0.15) is 40.8 Å². The molecule has 0 aliphatic heterocycles. The first kappa shape index (κ1) is 14.8. The van der Waals surface area contributed by atoms with Gasteiger partial charge < -0.3 is 14.5 Å². The van der Waals surface area contributed by atoms with E-state index in [-0.39, 0.29) is 5.91 Å². The Bertz CT molecular complexity index is 856. The minimum absolute atomic E-state index is 0.0126. The van der Waals surface area contributed by atoms with Crippen LogP contribution in [0.4, 0.5) is 0 Å². The van der Waals surface area contributed by atoms with Gasteiger partial charge in [-0.2, -0.15) is 0 Å². The first-order chi connectivity index (χ1) is 11.7. The van der Waals surface area contributed by atoms with E-state index >= 15 is 0 Å². The zero-order chi connectivity index (χ0) is 16.5. The van der Waals surface area contributed by atoms with Gasteiger partial charge in [0.2, 0.25) is 0 Å². The van der Waals surface area contributed by atoms with Crippen LogP contribution in [-0.4, -0.2) is 20.0 Å². The van der Waals surface area contributed by atoms with E-state index in [4.69, 9.17) is 0 Å². The number of hydrogen-bond donors (Lipinski definition) is 1. The summed E-state index contributed by atoms with van der Waals surface area (Å²) in [5.41, 5.74) is 2.90. The Kier molecular flexibility index (Phi) is 3.69.